The number of carbonyl (C=O) groups is 1. The first kappa shape index (κ1) is 11.1. The molecule has 0 aliphatic carbocycles. The van der Waals surface area contributed by atoms with Gasteiger partial charge in [-0.2, -0.15) is 0 Å². The minimum atomic E-state index is -0.379. The van der Waals surface area contributed by atoms with Crippen LogP contribution >= 0.6 is 0 Å². The molecule has 0 unspecified atom stereocenters. The van der Waals surface area contributed by atoms with Gasteiger partial charge in [0.1, 0.15) is 0 Å². The molecule has 1 heterocycles. The van der Waals surface area contributed by atoms with E-state index in [-0.39, 0.29) is 11.5 Å². The van der Waals surface area contributed by atoms with Gasteiger partial charge >= 0.3 is 0 Å². The summed E-state index contributed by atoms with van der Waals surface area (Å²) < 4.78 is 0. The largest absolute Gasteiger partial charge is 0.345 e. The maximum absolute atomic E-state index is 11.4. The molecule has 1 rings (SSSR count). The van der Waals surface area contributed by atoms with Crippen LogP contribution in [0.2, 0.25) is 0 Å². The number of hydrogen-bond acceptors (Lipinski definition) is 3. The van der Waals surface area contributed by atoms with Gasteiger partial charge in [-0.1, -0.05) is 6.07 Å². The van der Waals surface area contributed by atoms with Crippen LogP contribution in [0.5, 0.6) is 0 Å². The monoisotopic (exact) mass is 203 g/mol. The number of carbonyl (C=O) groups excluding carboxylic acids is 2. The molecule has 1 aromatic rings. The number of amides is 1. The van der Waals surface area contributed by atoms with E-state index < -0.39 is 0 Å². The van der Waals surface area contributed by atoms with Gasteiger partial charge in [0.05, 0.1) is 11.3 Å². The highest BCUT2D eigenvalue weighted by molar-refractivity contribution is 6.14. The van der Waals surface area contributed by atoms with Crippen molar-refractivity contribution in [2.24, 2.45) is 0 Å². The summed E-state index contributed by atoms with van der Waals surface area (Å²) >= 11 is 0. The molecule has 0 saturated carbocycles. The summed E-state index contributed by atoms with van der Waals surface area (Å²) in [5.74, 6) is -0.379. The number of nitrogens with zero attached hydrogens (tertiary/aromatic N) is 2. The van der Waals surface area contributed by atoms with Crippen molar-refractivity contribution in [3.8, 4) is 0 Å². The molecule has 0 fully saturated rings. The Morgan fingerprint density at radius 2 is 2.20 bits per heavy atom. The van der Waals surface area contributed by atoms with E-state index in [2.05, 4.69) is 4.98 Å². The summed E-state index contributed by atoms with van der Waals surface area (Å²) in [5.41, 5.74) is 0.532. The summed E-state index contributed by atoms with van der Waals surface area (Å²) in [6, 6.07) is 5.25. The first-order valence-electron chi connectivity index (χ1n) is 4.37. The first-order chi connectivity index (χ1) is 7.15. The van der Waals surface area contributed by atoms with Crippen LogP contribution in [0.15, 0.2) is 30.0 Å². The van der Waals surface area contributed by atoms with Crippen molar-refractivity contribution in [2.45, 2.75) is 0 Å². The third-order valence-electron chi connectivity index (χ3n) is 1.73. The van der Waals surface area contributed by atoms with Crippen LogP contribution in [0.25, 0.3) is 6.08 Å². The quantitative estimate of drug-likeness (QED) is 0.412. The Bertz CT molecular complexity index is 383. The highest BCUT2D eigenvalue weighted by Gasteiger charge is 2.11. The van der Waals surface area contributed by atoms with E-state index >= 15 is 0 Å². The third kappa shape index (κ3) is 3.02. The van der Waals surface area contributed by atoms with Crippen molar-refractivity contribution < 1.29 is 9.59 Å². The van der Waals surface area contributed by atoms with Gasteiger partial charge in [-0.15, -0.1) is 0 Å². The smallest absolute Gasteiger partial charge is 0.257 e. The van der Waals surface area contributed by atoms with Crippen LogP contribution in [0.4, 0.5) is 0 Å². The van der Waals surface area contributed by atoms with Gasteiger partial charge < -0.3 is 4.90 Å². The Morgan fingerprint density at radius 3 is 2.67 bits per heavy atom. The molecular weight excluding hydrogens is 192 g/mol. The van der Waals surface area contributed by atoms with Crippen molar-refractivity contribution in [3.05, 3.63) is 35.7 Å². The van der Waals surface area contributed by atoms with E-state index in [9.17, 15) is 9.59 Å². The molecule has 0 aromatic carbocycles. The summed E-state index contributed by atoms with van der Waals surface area (Å²) in [6.07, 6.45) is 4.62. The highest BCUT2D eigenvalue weighted by atomic mass is 16.2. The molecule has 4 heteroatoms. The molecule has 15 heavy (non-hydrogen) atoms. The molecule has 0 atom stereocenters. The Hall–Kier alpha value is -1.97. The normalized spacial score (nSPS) is 10.9. The maximum Gasteiger partial charge on any atom is 0.257 e. The number of aromatic nitrogens is 1. The lowest BCUT2D eigenvalue weighted by Gasteiger charge is -2.08. The topological polar surface area (TPSA) is 50.3 Å². The van der Waals surface area contributed by atoms with E-state index in [0.717, 1.165) is 0 Å². The fourth-order valence-electron chi connectivity index (χ4n) is 0.985. The second-order valence-electron chi connectivity index (χ2n) is 3.11. The predicted molar refractivity (Wildman–Crippen MR) is 56.6 cm³/mol. The van der Waals surface area contributed by atoms with E-state index in [1.165, 1.54) is 11.0 Å². The van der Waals surface area contributed by atoms with Gasteiger partial charge in [0.2, 0.25) is 6.29 Å². The number of rotatable bonds is 3. The molecular formula is C11H11N2O2. The van der Waals surface area contributed by atoms with E-state index in [4.69, 9.17) is 0 Å². The van der Waals surface area contributed by atoms with Crippen LogP contribution in [-0.4, -0.2) is 36.2 Å². The molecule has 1 aromatic heterocycles. The summed E-state index contributed by atoms with van der Waals surface area (Å²) in [6.45, 7) is 0. The molecule has 0 saturated heterocycles. The standard InChI is InChI=1S/C11H11N2O2/c1-13(2)11(15)9(8-14)7-10-5-3-4-6-12-10/h3-7H,1-2H3/b9-7+. The average molecular weight is 203 g/mol. The van der Waals surface area contributed by atoms with Gasteiger partial charge in [-0.3, -0.25) is 14.6 Å². The average Bonchev–Trinajstić information content (AvgIpc) is 2.26. The third-order valence-corrected chi connectivity index (χ3v) is 1.73. The highest BCUT2D eigenvalue weighted by Crippen LogP contribution is 2.03. The molecule has 77 valence electrons. The zero-order chi connectivity index (χ0) is 11.3. The number of hydrogen-bond donors (Lipinski definition) is 0. The van der Waals surface area contributed by atoms with Gasteiger partial charge in [0.25, 0.3) is 5.91 Å². The van der Waals surface area contributed by atoms with Crippen LogP contribution in [-0.2, 0) is 9.59 Å². The SMILES string of the molecule is CN(C)C(=O)/C([C]=O)=C/c1ccccn1. The van der Waals surface area contributed by atoms with E-state index in [1.807, 2.05) is 0 Å². The fraction of sp³-hybridized carbons (Fsp3) is 0.182. The zero-order valence-corrected chi connectivity index (χ0v) is 8.60. The predicted octanol–water partition coefficient (Wildman–Crippen LogP) is 0.663. The number of likely N-dealkylation sites (N-methyl/N-ethyl adjacent to an activating group) is 1. The molecule has 1 amide bonds. The Labute approximate surface area is 88.2 Å². The summed E-state index contributed by atoms with van der Waals surface area (Å²) in [4.78, 5) is 27.3. The van der Waals surface area contributed by atoms with E-state index in [0.29, 0.717) is 5.69 Å². The Balaban J connectivity index is 2.98. The minimum Gasteiger partial charge on any atom is -0.345 e. The Kier molecular flexibility index (Phi) is 3.74. The molecule has 0 spiro atoms. The lowest BCUT2D eigenvalue weighted by molar-refractivity contribution is -0.124. The minimum absolute atomic E-state index is 0.0290. The second-order valence-corrected chi connectivity index (χ2v) is 3.11. The maximum atomic E-state index is 11.4. The van der Waals surface area contributed by atoms with Crippen LogP contribution in [0, 0.1) is 0 Å². The van der Waals surface area contributed by atoms with Crippen molar-refractivity contribution in [1.29, 1.82) is 0 Å². The first-order valence-corrected chi connectivity index (χ1v) is 4.37. The molecule has 1 radical (unpaired) electrons. The Morgan fingerprint density at radius 1 is 1.47 bits per heavy atom. The molecule has 0 aliphatic heterocycles. The van der Waals surface area contributed by atoms with Crippen molar-refractivity contribution in [3.63, 3.8) is 0 Å². The summed E-state index contributed by atoms with van der Waals surface area (Å²) in [7, 11) is 3.15. The van der Waals surface area contributed by atoms with Gasteiger partial charge in [0.15, 0.2) is 0 Å². The van der Waals surface area contributed by atoms with Gasteiger partial charge in [-0.05, 0) is 18.2 Å². The fourth-order valence-corrected chi connectivity index (χ4v) is 0.985. The van der Waals surface area contributed by atoms with Gasteiger partial charge in [-0.25, -0.2) is 0 Å². The van der Waals surface area contributed by atoms with Crippen LogP contribution in [0.1, 0.15) is 5.69 Å². The lowest BCUT2D eigenvalue weighted by atomic mass is 10.2. The van der Waals surface area contributed by atoms with Crippen LogP contribution in [0.3, 0.4) is 0 Å². The summed E-state index contributed by atoms with van der Waals surface area (Å²) in [5, 5.41) is 0. The van der Waals surface area contributed by atoms with Crippen molar-refractivity contribution in [1.82, 2.24) is 9.88 Å². The molecule has 0 bridgehead atoms. The van der Waals surface area contributed by atoms with Crippen molar-refractivity contribution in [2.75, 3.05) is 14.1 Å². The number of pyridine rings is 1. The second kappa shape index (κ2) is 5.05. The molecule has 4 nitrogen and oxygen atoms in total. The van der Waals surface area contributed by atoms with E-state index in [1.54, 1.807) is 44.8 Å². The van der Waals surface area contributed by atoms with Crippen molar-refractivity contribution >= 4 is 18.3 Å². The molecule has 0 aliphatic rings. The lowest BCUT2D eigenvalue weighted by Crippen LogP contribution is -2.24. The van der Waals surface area contributed by atoms with Gasteiger partial charge in [0, 0.05) is 20.3 Å². The zero-order valence-electron chi connectivity index (χ0n) is 8.60. The van der Waals surface area contributed by atoms with Crippen LogP contribution < -0.4 is 0 Å². The molecule has 0 N–H and O–H groups in total.